The first kappa shape index (κ1) is 13.5. The summed E-state index contributed by atoms with van der Waals surface area (Å²) in [6.07, 6.45) is 0.778. The summed E-state index contributed by atoms with van der Waals surface area (Å²) < 4.78 is 0. The van der Waals surface area contributed by atoms with Crippen LogP contribution in [0.2, 0.25) is 18.1 Å². The minimum absolute atomic E-state index is 0.380. The lowest BCUT2D eigenvalue weighted by molar-refractivity contribution is 0.0993. The van der Waals surface area contributed by atoms with Crippen LogP contribution in [0.3, 0.4) is 0 Å². The van der Waals surface area contributed by atoms with Crippen molar-refractivity contribution in [3.05, 3.63) is 34.9 Å². The molecular formula is C16H24OSi. The number of carbonyl (C=O) groups is 1. The molecule has 18 heavy (non-hydrogen) atoms. The van der Waals surface area contributed by atoms with E-state index in [-0.39, 0.29) is 0 Å². The van der Waals surface area contributed by atoms with E-state index in [2.05, 4.69) is 45.9 Å². The molecule has 2 rings (SSSR count). The van der Waals surface area contributed by atoms with E-state index in [1.54, 1.807) is 0 Å². The second-order valence-electron chi connectivity index (χ2n) is 5.69. The average molecular weight is 260 g/mol. The third-order valence-corrected chi connectivity index (χ3v) is 11.3. The van der Waals surface area contributed by atoms with Crippen LogP contribution in [0.5, 0.6) is 0 Å². The highest BCUT2D eigenvalue weighted by molar-refractivity contribution is 6.81. The first-order valence-electron chi connectivity index (χ1n) is 7.21. The average Bonchev–Trinajstić information content (AvgIpc) is 2.70. The van der Waals surface area contributed by atoms with Gasteiger partial charge in [0.15, 0.2) is 5.78 Å². The first-order valence-corrected chi connectivity index (χ1v) is 9.91. The summed E-state index contributed by atoms with van der Waals surface area (Å²) in [6, 6.07) is 10.4. The summed E-state index contributed by atoms with van der Waals surface area (Å²) in [7, 11) is -1.32. The van der Waals surface area contributed by atoms with E-state index >= 15 is 0 Å². The fraction of sp³-hybridized carbons (Fsp3) is 0.562. The molecule has 2 heteroatoms. The zero-order chi connectivity index (χ0) is 13.3. The Balaban J connectivity index is 2.48. The lowest BCUT2D eigenvalue weighted by atomic mass is 10.1. The Hall–Kier alpha value is -0.893. The standard InChI is InChI=1S/C16H24OSi/c1-5-18(6-2,7-3)16-11-15(17)14-10-12(4)8-9-13(14)16/h8-10,16H,5-7,11H2,1-4H3. The molecule has 0 N–H and O–H groups in total. The summed E-state index contributed by atoms with van der Waals surface area (Å²) in [4.78, 5) is 12.2. The molecule has 0 spiro atoms. The van der Waals surface area contributed by atoms with Gasteiger partial charge in [0.2, 0.25) is 0 Å². The second kappa shape index (κ2) is 5.00. The number of hydrogen-bond donors (Lipinski definition) is 0. The van der Waals surface area contributed by atoms with E-state index in [9.17, 15) is 4.79 Å². The van der Waals surface area contributed by atoms with E-state index in [0.29, 0.717) is 11.3 Å². The molecule has 98 valence electrons. The van der Waals surface area contributed by atoms with Crippen LogP contribution in [0, 0.1) is 6.92 Å². The zero-order valence-corrected chi connectivity index (χ0v) is 13.0. The molecule has 0 fully saturated rings. The largest absolute Gasteiger partial charge is 0.294 e. The predicted molar refractivity (Wildman–Crippen MR) is 80.1 cm³/mol. The van der Waals surface area contributed by atoms with Crippen LogP contribution in [-0.4, -0.2) is 13.9 Å². The van der Waals surface area contributed by atoms with Gasteiger partial charge in [-0.1, -0.05) is 56.6 Å². The van der Waals surface area contributed by atoms with E-state index in [1.807, 2.05) is 0 Å². The Morgan fingerprint density at radius 2 is 1.78 bits per heavy atom. The molecule has 1 aromatic carbocycles. The molecule has 1 aromatic rings. The minimum Gasteiger partial charge on any atom is -0.294 e. The Bertz CT molecular complexity index is 452. The molecule has 1 aliphatic carbocycles. The zero-order valence-electron chi connectivity index (χ0n) is 12.0. The number of rotatable bonds is 4. The van der Waals surface area contributed by atoms with Crippen LogP contribution >= 0.6 is 0 Å². The molecule has 1 nitrogen and oxygen atoms in total. The fourth-order valence-corrected chi connectivity index (χ4v) is 8.16. The van der Waals surface area contributed by atoms with Gasteiger partial charge in [0.05, 0.1) is 8.07 Å². The monoisotopic (exact) mass is 260 g/mol. The van der Waals surface area contributed by atoms with Crippen LogP contribution in [0.15, 0.2) is 18.2 Å². The van der Waals surface area contributed by atoms with Crippen LogP contribution in [0.1, 0.15) is 54.2 Å². The van der Waals surface area contributed by atoms with Gasteiger partial charge < -0.3 is 0 Å². The number of benzene rings is 1. The quantitative estimate of drug-likeness (QED) is 0.716. The molecule has 1 atom stereocenters. The van der Waals surface area contributed by atoms with Gasteiger partial charge in [0, 0.05) is 12.0 Å². The van der Waals surface area contributed by atoms with Crippen molar-refractivity contribution in [2.75, 3.05) is 0 Å². The van der Waals surface area contributed by atoms with Crippen molar-refractivity contribution in [1.82, 2.24) is 0 Å². The predicted octanol–water partition coefficient (Wildman–Crippen LogP) is 4.71. The van der Waals surface area contributed by atoms with E-state index in [1.165, 1.54) is 29.3 Å². The van der Waals surface area contributed by atoms with Crippen molar-refractivity contribution < 1.29 is 4.79 Å². The first-order chi connectivity index (χ1) is 8.57. The van der Waals surface area contributed by atoms with Crippen molar-refractivity contribution in [2.24, 2.45) is 0 Å². The summed E-state index contributed by atoms with van der Waals surface area (Å²) in [5.41, 5.74) is 4.16. The normalized spacial score (nSPS) is 19.1. The van der Waals surface area contributed by atoms with Gasteiger partial charge in [-0.25, -0.2) is 0 Å². The molecule has 0 aromatic heterocycles. The van der Waals surface area contributed by atoms with Crippen LogP contribution in [0.25, 0.3) is 0 Å². The molecule has 0 heterocycles. The fourth-order valence-electron chi connectivity index (χ4n) is 3.66. The minimum atomic E-state index is -1.32. The summed E-state index contributed by atoms with van der Waals surface area (Å²) >= 11 is 0. The Morgan fingerprint density at radius 1 is 1.17 bits per heavy atom. The smallest absolute Gasteiger partial charge is 0.163 e. The highest BCUT2D eigenvalue weighted by Gasteiger charge is 2.43. The SMILES string of the molecule is CC[Si](CC)(CC)C1CC(=O)c2cc(C)ccc21. The number of aryl methyl sites for hydroxylation is 1. The summed E-state index contributed by atoms with van der Waals surface area (Å²) in [6.45, 7) is 9.06. The van der Waals surface area contributed by atoms with Crippen molar-refractivity contribution in [2.45, 2.75) is 57.8 Å². The van der Waals surface area contributed by atoms with Gasteiger partial charge in [-0.05, 0) is 24.1 Å². The summed E-state index contributed by atoms with van der Waals surface area (Å²) in [5.74, 6) is 0.380. The molecule has 0 amide bonds. The van der Waals surface area contributed by atoms with E-state index in [4.69, 9.17) is 0 Å². The van der Waals surface area contributed by atoms with E-state index < -0.39 is 8.07 Å². The van der Waals surface area contributed by atoms with Crippen molar-refractivity contribution in [3.63, 3.8) is 0 Å². The lowest BCUT2D eigenvalue weighted by Gasteiger charge is -2.35. The Kier molecular flexibility index (Phi) is 3.76. The van der Waals surface area contributed by atoms with Gasteiger partial charge in [0.25, 0.3) is 0 Å². The molecule has 0 radical (unpaired) electrons. The van der Waals surface area contributed by atoms with Gasteiger partial charge in [0.1, 0.15) is 0 Å². The van der Waals surface area contributed by atoms with Crippen LogP contribution in [-0.2, 0) is 0 Å². The second-order valence-corrected chi connectivity index (χ2v) is 11.2. The van der Waals surface area contributed by atoms with Crippen LogP contribution in [0.4, 0.5) is 0 Å². The number of hydrogen-bond acceptors (Lipinski definition) is 1. The van der Waals surface area contributed by atoms with Crippen molar-refractivity contribution >= 4 is 13.9 Å². The molecule has 0 saturated heterocycles. The molecule has 0 bridgehead atoms. The van der Waals surface area contributed by atoms with Crippen molar-refractivity contribution in [3.8, 4) is 0 Å². The number of fused-ring (bicyclic) bond motifs is 1. The van der Waals surface area contributed by atoms with Crippen molar-refractivity contribution in [1.29, 1.82) is 0 Å². The van der Waals surface area contributed by atoms with Crippen LogP contribution < -0.4 is 0 Å². The van der Waals surface area contributed by atoms with E-state index in [0.717, 1.165) is 12.0 Å². The molecule has 0 saturated carbocycles. The maximum Gasteiger partial charge on any atom is 0.163 e. The Morgan fingerprint density at radius 3 is 2.33 bits per heavy atom. The van der Waals surface area contributed by atoms with Gasteiger partial charge in [-0.3, -0.25) is 4.79 Å². The van der Waals surface area contributed by atoms with Gasteiger partial charge >= 0.3 is 0 Å². The van der Waals surface area contributed by atoms with Gasteiger partial charge in [-0.2, -0.15) is 0 Å². The Labute approximate surface area is 112 Å². The summed E-state index contributed by atoms with van der Waals surface area (Å²) in [5, 5.41) is 0. The van der Waals surface area contributed by atoms with Gasteiger partial charge in [-0.15, -0.1) is 0 Å². The maximum absolute atomic E-state index is 12.2. The third-order valence-electron chi connectivity index (χ3n) is 5.13. The molecule has 0 aliphatic heterocycles. The third kappa shape index (κ3) is 1.97. The molecule has 1 aliphatic rings. The molecule has 1 unspecified atom stereocenters. The molecular weight excluding hydrogens is 236 g/mol. The number of ketones is 1. The highest BCUT2D eigenvalue weighted by Crippen LogP contribution is 2.44. The highest BCUT2D eigenvalue weighted by atomic mass is 28.3. The number of carbonyl (C=O) groups excluding carboxylic acids is 1. The number of Topliss-reactive ketones (excluding diaryl/α,β-unsaturated/α-hetero) is 1. The lowest BCUT2D eigenvalue weighted by Crippen LogP contribution is -2.39. The maximum atomic E-state index is 12.2. The topological polar surface area (TPSA) is 17.1 Å².